The lowest BCUT2D eigenvalue weighted by molar-refractivity contribution is 0.157. The zero-order valence-corrected chi connectivity index (χ0v) is 13.3. The molecule has 0 amide bonds. The first kappa shape index (κ1) is 16.2. The minimum Gasteiger partial charge on any atom is -0.396 e. The van der Waals surface area contributed by atoms with Gasteiger partial charge in [0.2, 0.25) is 10.0 Å². The number of rotatable bonds is 6. The van der Waals surface area contributed by atoms with Crippen LogP contribution in [0.3, 0.4) is 0 Å². The van der Waals surface area contributed by atoms with Gasteiger partial charge in [0.25, 0.3) is 0 Å². The fourth-order valence-electron chi connectivity index (χ4n) is 3.60. The van der Waals surface area contributed by atoms with Crippen LogP contribution in [0, 0.1) is 5.92 Å². The van der Waals surface area contributed by atoms with Crippen LogP contribution < -0.4 is 0 Å². The fraction of sp³-hybridized carbons (Fsp3) is 1.00. The van der Waals surface area contributed by atoms with Gasteiger partial charge < -0.3 is 10.0 Å². The molecule has 5 nitrogen and oxygen atoms in total. The summed E-state index contributed by atoms with van der Waals surface area (Å²) in [7, 11) is -3.04. The summed E-state index contributed by atoms with van der Waals surface area (Å²) < 4.78 is 25.0. The molecule has 2 aliphatic heterocycles. The Labute approximate surface area is 123 Å². The Hall–Kier alpha value is -0.170. The van der Waals surface area contributed by atoms with Crippen LogP contribution in [-0.4, -0.2) is 67.8 Å². The van der Waals surface area contributed by atoms with Gasteiger partial charge >= 0.3 is 0 Å². The third-order valence-electron chi connectivity index (χ3n) is 4.64. The SMILES string of the molecule is CS(=O)(=O)N1CCCC(CN2CCCC2CCCO)C1. The summed E-state index contributed by atoms with van der Waals surface area (Å²) in [5, 5.41) is 8.97. The zero-order chi connectivity index (χ0) is 14.6. The largest absolute Gasteiger partial charge is 0.396 e. The average Bonchev–Trinajstić information content (AvgIpc) is 2.83. The second-order valence-corrected chi connectivity index (χ2v) is 8.27. The lowest BCUT2D eigenvalue weighted by Gasteiger charge is -2.35. The van der Waals surface area contributed by atoms with Gasteiger partial charge in [-0.25, -0.2) is 12.7 Å². The summed E-state index contributed by atoms with van der Waals surface area (Å²) in [5.74, 6) is 0.466. The fourth-order valence-corrected chi connectivity index (χ4v) is 4.54. The van der Waals surface area contributed by atoms with Crippen molar-refractivity contribution in [2.24, 2.45) is 5.92 Å². The summed E-state index contributed by atoms with van der Waals surface area (Å²) in [6.07, 6.45) is 7.83. The van der Waals surface area contributed by atoms with Crippen molar-refractivity contribution in [1.29, 1.82) is 0 Å². The molecule has 6 heteroatoms. The van der Waals surface area contributed by atoms with E-state index in [1.807, 2.05) is 0 Å². The predicted octanol–water partition coefficient (Wildman–Crippen LogP) is 0.895. The maximum absolute atomic E-state index is 11.7. The van der Waals surface area contributed by atoms with E-state index < -0.39 is 10.0 Å². The monoisotopic (exact) mass is 304 g/mol. The van der Waals surface area contributed by atoms with Crippen molar-refractivity contribution < 1.29 is 13.5 Å². The highest BCUT2D eigenvalue weighted by Crippen LogP contribution is 2.26. The summed E-state index contributed by atoms with van der Waals surface area (Å²) in [6, 6.07) is 0.593. The minimum atomic E-state index is -3.04. The Kier molecular flexibility index (Phi) is 5.84. The quantitative estimate of drug-likeness (QED) is 0.792. The molecule has 0 bridgehead atoms. The van der Waals surface area contributed by atoms with Crippen molar-refractivity contribution in [3.8, 4) is 0 Å². The molecule has 0 aromatic rings. The van der Waals surface area contributed by atoms with Crippen molar-refractivity contribution in [3.63, 3.8) is 0 Å². The lowest BCUT2D eigenvalue weighted by Crippen LogP contribution is -2.44. The van der Waals surface area contributed by atoms with Crippen LogP contribution in [0.15, 0.2) is 0 Å². The summed E-state index contributed by atoms with van der Waals surface area (Å²) in [5.41, 5.74) is 0. The molecular formula is C14H28N2O3S. The summed E-state index contributed by atoms with van der Waals surface area (Å²) in [4.78, 5) is 2.52. The number of aliphatic hydroxyl groups is 1. The van der Waals surface area contributed by atoms with Crippen LogP contribution in [0.1, 0.15) is 38.5 Å². The number of aliphatic hydroxyl groups excluding tert-OH is 1. The number of piperidine rings is 1. The molecule has 2 rings (SSSR count). The molecule has 20 heavy (non-hydrogen) atoms. The zero-order valence-electron chi connectivity index (χ0n) is 12.5. The van der Waals surface area contributed by atoms with Crippen molar-refractivity contribution in [2.45, 2.75) is 44.6 Å². The number of likely N-dealkylation sites (tertiary alicyclic amines) is 1. The third-order valence-corrected chi connectivity index (χ3v) is 5.91. The van der Waals surface area contributed by atoms with Crippen molar-refractivity contribution in [3.05, 3.63) is 0 Å². The number of sulfonamides is 1. The standard InChI is InChI=1S/C14H28N2O3S/c1-20(18,19)16-9-2-5-13(12-16)11-15-8-3-6-14(15)7-4-10-17/h13-14,17H,2-12H2,1H3. The predicted molar refractivity (Wildman–Crippen MR) is 80.1 cm³/mol. The molecule has 2 fully saturated rings. The Bertz CT molecular complexity index is 399. The molecule has 0 aromatic heterocycles. The molecule has 2 unspecified atom stereocenters. The van der Waals surface area contributed by atoms with Crippen LogP contribution >= 0.6 is 0 Å². The molecule has 118 valence electrons. The highest BCUT2D eigenvalue weighted by atomic mass is 32.2. The van der Waals surface area contributed by atoms with Crippen LogP contribution in [0.5, 0.6) is 0 Å². The second kappa shape index (κ2) is 7.20. The van der Waals surface area contributed by atoms with Crippen LogP contribution in [0.2, 0.25) is 0 Å². The maximum atomic E-state index is 11.7. The number of hydrogen-bond acceptors (Lipinski definition) is 4. The molecule has 1 N–H and O–H groups in total. The van der Waals surface area contributed by atoms with Gasteiger partial charge in [0.15, 0.2) is 0 Å². The lowest BCUT2D eigenvalue weighted by atomic mass is 9.98. The third kappa shape index (κ3) is 4.41. The van der Waals surface area contributed by atoms with E-state index in [1.165, 1.54) is 19.1 Å². The Morgan fingerprint density at radius 1 is 1.20 bits per heavy atom. The smallest absolute Gasteiger partial charge is 0.211 e. The Balaban J connectivity index is 1.86. The molecule has 2 saturated heterocycles. The normalized spacial score (nSPS) is 29.9. The molecule has 0 saturated carbocycles. The van der Waals surface area contributed by atoms with Gasteiger partial charge in [-0.3, -0.25) is 0 Å². The molecule has 0 spiro atoms. The second-order valence-electron chi connectivity index (χ2n) is 6.29. The topological polar surface area (TPSA) is 60.9 Å². The molecule has 0 aromatic carbocycles. The van der Waals surface area contributed by atoms with Crippen molar-refractivity contribution in [1.82, 2.24) is 9.21 Å². The summed E-state index contributed by atoms with van der Waals surface area (Å²) in [6.45, 7) is 3.79. The molecule has 0 radical (unpaired) electrons. The summed E-state index contributed by atoms with van der Waals surface area (Å²) >= 11 is 0. The van der Waals surface area contributed by atoms with E-state index in [0.717, 1.165) is 38.8 Å². The van der Waals surface area contributed by atoms with Gasteiger partial charge in [-0.2, -0.15) is 0 Å². The first-order chi connectivity index (χ1) is 9.50. The van der Waals surface area contributed by atoms with Gasteiger partial charge in [0, 0.05) is 32.3 Å². The van der Waals surface area contributed by atoms with Gasteiger partial charge in [-0.05, 0) is 51.0 Å². The molecule has 2 atom stereocenters. The highest BCUT2D eigenvalue weighted by Gasteiger charge is 2.30. The van der Waals surface area contributed by atoms with Crippen LogP contribution in [0.25, 0.3) is 0 Å². The molecule has 2 heterocycles. The van der Waals surface area contributed by atoms with E-state index in [9.17, 15) is 8.42 Å². The molecular weight excluding hydrogens is 276 g/mol. The van der Waals surface area contributed by atoms with E-state index in [-0.39, 0.29) is 6.61 Å². The van der Waals surface area contributed by atoms with Crippen LogP contribution in [0.4, 0.5) is 0 Å². The molecule has 2 aliphatic rings. The van der Waals surface area contributed by atoms with Gasteiger partial charge in [0.05, 0.1) is 6.26 Å². The van der Waals surface area contributed by atoms with E-state index >= 15 is 0 Å². The van der Waals surface area contributed by atoms with Gasteiger partial charge in [-0.1, -0.05) is 0 Å². The average molecular weight is 304 g/mol. The Morgan fingerprint density at radius 2 is 1.95 bits per heavy atom. The van der Waals surface area contributed by atoms with Gasteiger partial charge in [-0.15, -0.1) is 0 Å². The van der Waals surface area contributed by atoms with Gasteiger partial charge in [0.1, 0.15) is 0 Å². The van der Waals surface area contributed by atoms with Crippen molar-refractivity contribution in [2.75, 3.05) is 39.0 Å². The first-order valence-electron chi connectivity index (χ1n) is 7.80. The van der Waals surface area contributed by atoms with E-state index in [0.29, 0.717) is 25.0 Å². The minimum absolute atomic E-state index is 0.273. The molecule has 0 aliphatic carbocycles. The number of nitrogens with zero attached hydrogens (tertiary/aromatic N) is 2. The highest BCUT2D eigenvalue weighted by molar-refractivity contribution is 7.88. The number of hydrogen-bond donors (Lipinski definition) is 1. The van der Waals surface area contributed by atoms with E-state index in [4.69, 9.17) is 5.11 Å². The van der Waals surface area contributed by atoms with E-state index in [2.05, 4.69) is 4.90 Å². The van der Waals surface area contributed by atoms with E-state index in [1.54, 1.807) is 4.31 Å². The first-order valence-corrected chi connectivity index (χ1v) is 9.65. The maximum Gasteiger partial charge on any atom is 0.211 e. The van der Waals surface area contributed by atoms with Crippen molar-refractivity contribution >= 4 is 10.0 Å². The Morgan fingerprint density at radius 3 is 2.65 bits per heavy atom. The van der Waals surface area contributed by atoms with Crippen LogP contribution in [-0.2, 0) is 10.0 Å².